The molecule has 0 fully saturated rings. The molecule has 1 N–H and O–H groups in total. The summed E-state index contributed by atoms with van der Waals surface area (Å²) in [6.07, 6.45) is 2.15. The zero-order valence-corrected chi connectivity index (χ0v) is 20.1. The lowest BCUT2D eigenvalue weighted by atomic mass is 9.87. The number of hydrogen-bond donors (Lipinski definition) is 1. The maximum atomic E-state index is 12.8. The Morgan fingerprint density at radius 2 is 1.77 bits per heavy atom. The fourth-order valence-corrected chi connectivity index (χ4v) is 4.28. The number of nitrogens with zero attached hydrogens (tertiary/aromatic N) is 1. The number of carbonyl (C=O) groups excluding carboxylic acids is 2. The van der Waals surface area contributed by atoms with E-state index in [0.29, 0.717) is 42.3 Å². The number of nitrogens with one attached hydrogen (secondary N) is 1. The van der Waals surface area contributed by atoms with Gasteiger partial charge in [-0.05, 0) is 53.4 Å². The highest BCUT2D eigenvalue weighted by atomic mass is 16.3. The third-order valence-electron chi connectivity index (χ3n) is 6.30. The molecule has 0 aliphatic carbocycles. The standard InChI is InChI=1S/C29H28N2O4/c1-29(2,3)22-11-9-19(10-12-22)27(32)30-23-7-4-6-20(16-23)26-17-21-18-31(14-13-24(21)35-26)28(33)25-8-5-15-34-25/h4-12,15-17H,13-14,18H2,1-3H3,(H,30,32). The monoisotopic (exact) mass is 468 g/mol. The first-order valence-corrected chi connectivity index (χ1v) is 11.7. The van der Waals surface area contributed by atoms with Gasteiger partial charge in [-0.25, -0.2) is 0 Å². The minimum Gasteiger partial charge on any atom is -0.461 e. The van der Waals surface area contributed by atoms with Crippen LogP contribution < -0.4 is 5.32 Å². The van der Waals surface area contributed by atoms with Crippen molar-refractivity contribution in [2.24, 2.45) is 0 Å². The Kier molecular flexibility index (Phi) is 5.81. The second-order valence-electron chi connectivity index (χ2n) is 9.88. The summed E-state index contributed by atoms with van der Waals surface area (Å²) >= 11 is 0. The number of furan rings is 2. The van der Waals surface area contributed by atoms with Gasteiger partial charge in [0.15, 0.2) is 5.76 Å². The molecule has 0 saturated heterocycles. The van der Waals surface area contributed by atoms with Gasteiger partial charge in [-0.15, -0.1) is 0 Å². The molecule has 6 heteroatoms. The van der Waals surface area contributed by atoms with Crippen LogP contribution in [0, 0.1) is 0 Å². The van der Waals surface area contributed by atoms with Crippen molar-refractivity contribution in [3.63, 3.8) is 0 Å². The van der Waals surface area contributed by atoms with E-state index in [-0.39, 0.29) is 17.2 Å². The Bertz CT molecular complexity index is 1360. The molecule has 6 nitrogen and oxygen atoms in total. The van der Waals surface area contributed by atoms with Crippen LogP contribution in [0.4, 0.5) is 5.69 Å². The van der Waals surface area contributed by atoms with Gasteiger partial charge in [-0.3, -0.25) is 9.59 Å². The van der Waals surface area contributed by atoms with E-state index in [4.69, 9.17) is 8.83 Å². The largest absolute Gasteiger partial charge is 0.461 e. The van der Waals surface area contributed by atoms with Crippen LogP contribution in [0.15, 0.2) is 81.8 Å². The second-order valence-corrected chi connectivity index (χ2v) is 9.88. The number of rotatable bonds is 4. The van der Waals surface area contributed by atoms with Crippen molar-refractivity contribution in [2.45, 2.75) is 39.2 Å². The zero-order valence-electron chi connectivity index (χ0n) is 20.1. The number of benzene rings is 2. The molecule has 0 atom stereocenters. The van der Waals surface area contributed by atoms with Crippen LogP contribution >= 0.6 is 0 Å². The minimum atomic E-state index is -0.159. The molecule has 178 valence electrons. The van der Waals surface area contributed by atoms with Gasteiger partial charge in [0.2, 0.25) is 0 Å². The molecule has 3 heterocycles. The summed E-state index contributed by atoms with van der Waals surface area (Å²) in [5.41, 5.74) is 4.37. The van der Waals surface area contributed by atoms with Crippen LogP contribution in [0.25, 0.3) is 11.3 Å². The number of fused-ring (bicyclic) bond motifs is 1. The molecule has 35 heavy (non-hydrogen) atoms. The Morgan fingerprint density at radius 1 is 0.971 bits per heavy atom. The zero-order chi connectivity index (χ0) is 24.6. The quantitative estimate of drug-likeness (QED) is 0.382. The summed E-state index contributed by atoms with van der Waals surface area (Å²) in [6, 6.07) is 20.7. The molecule has 1 aliphatic heterocycles. The van der Waals surface area contributed by atoms with Crippen LogP contribution in [0.3, 0.4) is 0 Å². The van der Waals surface area contributed by atoms with Gasteiger partial charge >= 0.3 is 0 Å². The third-order valence-corrected chi connectivity index (χ3v) is 6.30. The molecule has 2 aromatic carbocycles. The number of amides is 2. The van der Waals surface area contributed by atoms with Gasteiger partial charge < -0.3 is 19.1 Å². The maximum absolute atomic E-state index is 12.8. The highest BCUT2D eigenvalue weighted by molar-refractivity contribution is 6.04. The first-order valence-electron chi connectivity index (χ1n) is 11.7. The molecule has 5 rings (SSSR count). The average molecular weight is 469 g/mol. The molecule has 0 bridgehead atoms. The smallest absolute Gasteiger partial charge is 0.289 e. The Hall–Kier alpha value is -4.06. The van der Waals surface area contributed by atoms with Crippen LogP contribution in [0.1, 0.15) is 58.6 Å². The van der Waals surface area contributed by atoms with E-state index < -0.39 is 0 Å². The second kappa shape index (κ2) is 8.95. The van der Waals surface area contributed by atoms with E-state index in [1.807, 2.05) is 54.6 Å². The summed E-state index contributed by atoms with van der Waals surface area (Å²) in [7, 11) is 0. The van der Waals surface area contributed by atoms with Crippen LogP contribution in [-0.4, -0.2) is 23.3 Å². The van der Waals surface area contributed by atoms with Gasteiger partial charge in [-0.1, -0.05) is 45.0 Å². The summed E-state index contributed by atoms with van der Waals surface area (Å²) in [6.45, 7) is 7.49. The fourth-order valence-electron chi connectivity index (χ4n) is 4.28. The molecule has 1 aliphatic rings. The van der Waals surface area contributed by atoms with Gasteiger partial charge in [0.25, 0.3) is 11.8 Å². The van der Waals surface area contributed by atoms with E-state index in [0.717, 1.165) is 16.9 Å². The first kappa shape index (κ1) is 22.7. The van der Waals surface area contributed by atoms with E-state index in [1.165, 1.54) is 11.8 Å². The lowest BCUT2D eigenvalue weighted by molar-refractivity contribution is 0.0697. The van der Waals surface area contributed by atoms with E-state index >= 15 is 0 Å². The number of anilines is 1. The molecule has 0 radical (unpaired) electrons. The van der Waals surface area contributed by atoms with Crippen LogP contribution in [-0.2, 0) is 18.4 Å². The predicted octanol–water partition coefficient (Wildman–Crippen LogP) is 6.29. The molecule has 2 amide bonds. The topological polar surface area (TPSA) is 75.7 Å². The minimum absolute atomic E-state index is 0.0363. The van der Waals surface area contributed by atoms with Crippen molar-refractivity contribution in [1.82, 2.24) is 4.90 Å². The van der Waals surface area contributed by atoms with E-state index in [2.05, 4.69) is 26.1 Å². The van der Waals surface area contributed by atoms with Crippen LogP contribution in [0.5, 0.6) is 0 Å². The lowest BCUT2D eigenvalue weighted by Crippen LogP contribution is -2.35. The average Bonchev–Trinajstić information content (AvgIpc) is 3.53. The SMILES string of the molecule is CC(C)(C)c1ccc(C(=O)Nc2cccc(-c3cc4c(o3)CCN(C(=O)c3ccco3)C4)c2)cc1. The van der Waals surface area contributed by atoms with E-state index in [1.54, 1.807) is 17.0 Å². The van der Waals surface area contributed by atoms with Crippen molar-refractivity contribution in [1.29, 1.82) is 0 Å². The van der Waals surface area contributed by atoms with Crippen LogP contribution in [0.2, 0.25) is 0 Å². The van der Waals surface area contributed by atoms with E-state index in [9.17, 15) is 9.59 Å². The predicted molar refractivity (Wildman–Crippen MR) is 134 cm³/mol. The maximum Gasteiger partial charge on any atom is 0.289 e. The highest BCUT2D eigenvalue weighted by Crippen LogP contribution is 2.31. The van der Waals surface area contributed by atoms with Crippen molar-refractivity contribution >= 4 is 17.5 Å². The molecule has 0 unspecified atom stereocenters. The van der Waals surface area contributed by atoms with Gasteiger partial charge in [0.1, 0.15) is 11.5 Å². The fraction of sp³-hybridized carbons (Fsp3) is 0.241. The summed E-state index contributed by atoms with van der Waals surface area (Å²) in [4.78, 5) is 27.2. The van der Waals surface area contributed by atoms with Gasteiger partial charge in [0.05, 0.1) is 6.26 Å². The third kappa shape index (κ3) is 4.78. The summed E-state index contributed by atoms with van der Waals surface area (Å²) < 4.78 is 11.4. The first-order chi connectivity index (χ1) is 16.8. The molecular formula is C29H28N2O4. The molecule has 0 saturated carbocycles. The van der Waals surface area contributed by atoms with Crippen molar-refractivity contribution < 1.29 is 18.4 Å². The number of carbonyl (C=O) groups is 2. The highest BCUT2D eigenvalue weighted by Gasteiger charge is 2.26. The Morgan fingerprint density at radius 3 is 2.49 bits per heavy atom. The van der Waals surface area contributed by atoms with Crippen molar-refractivity contribution in [2.75, 3.05) is 11.9 Å². The Balaban J connectivity index is 1.30. The summed E-state index contributed by atoms with van der Waals surface area (Å²) in [5, 5.41) is 2.98. The number of hydrogen-bond acceptors (Lipinski definition) is 4. The summed E-state index contributed by atoms with van der Waals surface area (Å²) in [5.74, 6) is 1.66. The Labute approximate surface area is 204 Å². The van der Waals surface area contributed by atoms with Crippen molar-refractivity contribution in [3.05, 3.63) is 101 Å². The van der Waals surface area contributed by atoms with Gasteiger partial charge in [-0.2, -0.15) is 0 Å². The molecule has 2 aromatic heterocycles. The molecule has 0 spiro atoms. The molecule has 4 aromatic rings. The molecular weight excluding hydrogens is 440 g/mol. The lowest BCUT2D eigenvalue weighted by Gasteiger charge is -2.25. The van der Waals surface area contributed by atoms with Crippen molar-refractivity contribution in [3.8, 4) is 11.3 Å². The normalized spacial score (nSPS) is 13.4. The van der Waals surface area contributed by atoms with Gasteiger partial charge in [0, 0.05) is 41.9 Å².